The molecule has 0 heterocycles. The van der Waals surface area contributed by atoms with Crippen molar-refractivity contribution in [1.29, 1.82) is 0 Å². The predicted molar refractivity (Wildman–Crippen MR) is 70.1 cm³/mol. The Bertz CT molecular complexity index is 382. The van der Waals surface area contributed by atoms with Crippen molar-refractivity contribution in [2.24, 2.45) is 0 Å². The predicted octanol–water partition coefficient (Wildman–Crippen LogP) is 0.500. The van der Waals surface area contributed by atoms with Crippen molar-refractivity contribution in [3.8, 4) is 5.75 Å². The average molecular weight is 252 g/mol. The lowest BCUT2D eigenvalue weighted by Gasteiger charge is -2.13. The molecule has 100 valence electrons. The van der Waals surface area contributed by atoms with Gasteiger partial charge in [0.1, 0.15) is 11.8 Å². The van der Waals surface area contributed by atoms with Gasteiger partial charge in [-0.2, -0.15) is 0 Å². The molecule has 5 heteroatoms. The maximum absolute atomic E-state index is 10.8. The summed E-state index contributed by atoms with van der Waals surface area (Å²) in [6, 6.07) is 7.27. The molecule has 1 atom stereocenters. The van der Waals surface area contributed by atoms with Crippen LogP contribution in [0.25, 0.3) is 0 Å². The highest BCUT2D eigenvalue weighted by Crippen LogP contribution is 2.17. The average Bonchev–Trinajstić information content (AvgIpc) is 2.38. The SMILES string of the molecule is CNC(CNCCc1ccccc1OC)C(=O)O. The number of likely N-dealkylation sites (N-methyl/N-ethyl adjacent to an activating group) is 1. The van der Waals surface area contributed by atoms with Crippen LogP contribution < -0.4 is 15.4 Å². The zero-order chi connectivity index (χ0) is 13.4. The number of rotatable bonds is 8. The van der Waals surface area contributed by atoms with Crippen molar-refractivity contribution >= 4 is 5.97 Å². The number of carbonyl (C=O) groups is 1. The number of carboxylic acids is 1. The van der Waals surface area contributed by atoms with Crippen molar-refractivity contribution in [3.05, 3.63) is 29.8 Å². The Kier molecular flexibility index (Phi) is 6.18. The number of benzene rings is 1. The van der Waals surface area contributed by atoms with Crippen LogP contribution >= 0.6 is 0 Å². The molecule has 0 radical (unpaired) electrons. The van der Waals surface area contributed by atoms with Crippen molar-refractivity contribution in [3.63, 3.8) is 0 Å². The number of methoxy groups -OCH3 is 1. The van der Waals surface area contributed by atoms with Gasteiger partial charge in [0.25, 0.3) is 0 Å². The van der Waals surface area contributed by atoms with Gasteiger partial charge in [0.05, 0.1) is 7.11 Å². The third-order valence-corrected chi connectivity index (χ3v) is 2.76. The van der Waals surface area contributed by atoms with E-state index >= 15 is 0 Å². The molecule has 1 aromatic carbocycles. The number of ether oxygens (including phenoxy) is 1. The summed E-state index contributed by atoms with van der Waals surface area (Å²) >= 11 is 0. The fraction of sp³-hybridized carbons (Fsp3) is 0.462. The highest BCUT2D eigenvalue weighted by molar-refractivity contribution is 5.73. The first-order valence-electron chi connectivity index (χ1n) is 5.91. The maximum atomic E-state index is 10.8. The van der Waals surface area contributed by atoms with E-state index in [-0.39, 0.29) is 0 Å². The largest absolute Gasteiger partial charge is 0.496 e. The third-order valence-electron chi connectivity index (χ3n) is 2.76. The second-order valence-electron chi connectivity index (χ2n) is 3.95. The minimum absolute atomic E-state index is 0.404. The Morgan fingerprint density at radius 3 is 2.78 bits per heavy atom. The summed E-state index contributed by atoms with van der Waals surface area (Å²) in [6.45, 7) is 1.12. The number of aliphatic carboxylic acids is 1. The lowest BCUT2D eigenvalue weighted by molar-refractivity contribution is -0.139. The Morgan fingerprint density at radius 2 is 2.17 bits per heavy atom. The molecular weight excluding hydrogens is 232 g/mol. The summed E-state index contributed by atoms with van der Waals surface area (Å²) in [6.07, 6.45) is 0.806. The van der Waals surface area contributed by atoms with E-state index in [1.54, 1.807) is 14.2 Å². The first-order valence-corrected chi connectivity index (χ1v) is 5.91. The van der Waals surface area contributed by atoms with Crippen LogP contribution in [0.1, 0.15) is 5.56 Å². The molecule has 0 spiro atoms. The van der Waals surface area contributed by atoms with Gasteiger partial charge in [-0.15, -0.1) is 0 Å². The second kappa shape index (κ2) is 7.68. The van der Waals surface area contributed by atoms with Crippen LogP contribution in [-0.2, 0) is 11.2 Å². The Hall–Kier alpha value is -1.59. The molecule has 0 aliphatic rings. The molecule has 0 amide bonds. The first-order chi connectivity index (χ1) is 8.69. The van der Waals surface area contributed by atoms with Gasteiger partial charge in [-0.3, -0.25) is 4.79 Å². The standard InChI is InChI=1S/C13H20N2O3/c1-14-11(13(16)17)9-15-8-7-10-5-3-4-6-12(10)18-2/h3-6,11,14-15H,7-9H2,1-2H3,(H,16,17). The number of para-hydroxylation sites is 1. The maximum Gasteiger partial charge on any atom is 0.322 e. The number of hydrogen-bond acceptors (Lipinski definition) is 4. The molecule has 5 nitrogen and oxygen atoms in total. The van der Waals surface area contributed by atoms with Gasteiger partial charge in [0.2, 0.25) is 0 Å². The normalized spacial score (nSPS) is 12.1. The molecule has 0 saturated heterocycles. The van der Waals surface area contributed by atoms with Crippen LogP contribution in [0.15, 0.2) is 24.3 Å². The second-order valence-corrected chi connectivity index (χ2v) is 3.95. The van der Waals surface area contributed by atoms with Crippen LogP contribution in [0.5, 0.6) is 5.75 Å². The summed E-state index contributed by atoms with van der Waals surface area (Å²) in [5.74, 6) is 0.0185. The molecule has 0 saturated carbocycles. The van der Waals surface area contributed by atoms with E-state index in [1.807, 2.05) is 24.3 Å². The molecule has 0 aliphatic heterocycles. The van der Waals surface area contributed by atoms with Gasteiger partial charge >= 0.3 is 5.97 Å². The zero-order valence-electron chi connectivity index (χ0n) is 10.8. The van der Waals surface area contributed by atoms with Crippen molar-refractivity contribution < 1.29 is 14.6 Å². The molecule has 0 aromatic heterocycles. The van der Waals surface area contributed by atoms with Crippen molar-refractivity contribution in [2.75, 3.05) is 27.2 Å². The summed E-state index contributed by atoms with van der Waals surface area (Å²) in [5, 5.41) is 14.7. The van der Waals surface area contributed by atoms with Gasteiger partial charge < -0.3 is 20.5 Å². The number of carboxylic acid groups (broad SMARTS) is 1. The molecule has 1 aromatic rings. The quantitative estimate of drug-likeness (QED) is 0.588. The van der Waals surface area contributed by atoms with Crippen LogP contribution in [0, 0.1) is 0 Å². The van der Waals surface area contributed by atoms with E-state index < -0.39 is 12.0 Å². The van der Waals surface area contributed by atoms with Crippen LogP contribution in [0.2, 0.25) is 0 Å². The molecule has 3 N–H and O–H groups in total. The van der Waals surface area contributed by atoms with E-state index in [0.29, 0.717) is 13.1 Å². The molecule has 1 rings (SSSR count). The smallest absolute Gasteiger partial charge is 0.322 e. The third kappa shape index (κ3) is 4.35. The van der Waals surface area contributed by atoms with Crippen LogP contribution in [0.3, 0.4) is 0 Å². The fourth-order valence-corrected chi connectivity index (χ4v) is 1.69. The van der Waals surface area contributed by atoms with Crippen LogP contribution in [-0.4, -0.2) is 44.4 Å². The zero-order valence-corrected chi connectivity index (χ0v) is 10.8. The van der Waals surface area contributed by atoms with Gasteiger partial charge in [-0.05, 0) is 31.6 Å². The van der Waals surface area contributed by atoms with Crippen LogP contribution in [0.4, 0.5) is 0 Å². The summed E-state index contributed by atoms with van der Waals surface area (Å²) in [5.41, 5.74) is 1.11. The topological polar surface area (TPSA) is 70.6 Å². The lowest BCUT2D eigenvalue weighted by atomic mass is 10.1. The van der Waals surface area contributed by atoms with Gasteiger partial charge in [0.15, 0.2) is 0 Å². The minimum atomic E-state index is -0.845. The monoisotopic (exact) mass is 252 g/mol. The van der Waals surface area contributed by atoms with Crippen molar-refractivity contribution in [1.82, 2.24) is 10.6 Å². The Balaban J connectivity index is 2.35. The number of hydrogen-bond donors (Lipinski definition) is 3. The van der Waals surface area contributed by atoms with Gasteiger partial charge in [0, 0.05) is 6.54 Å². The molecule has 0 fully saturated rings. The van der Waals surface area contributed by atoms with E-state index in [2.05, 4.69) is 10.6 Å². The molecule has 18 heavy (non-hydrogen) atoms. The molecule has 1 unspecified atom stereocenters. The Morgan fingerprint density at radius 1 is 1.44 bits per heavy atom. The first kappa shape index (κ1) is 14.5. The van der Waals surface area contributed by atoms with Crippen molar-refractivity contribution in [2.45, 2.75) is 12.5 Å². The lowest BCUT2D eigenvalue weighted by Crippen LogP contribution is -2.43. The molecule has 0 aliphatic carbocycles. The number of nitrogens with one attached hydrogen (secondary N) is 2. The molecule has 0 bridgehead atoms. The highest BCUT2D eigenvalue weighted by Gasteiger charge is 2.13. The summed E-state index contributed by atoms with van der Waals surface area (Å²) < 4.78 is 5.25. The minimum Gasteiger partial charge on any atom is -0.496 e. The van der Waals surface area contributed by atoms with E-state index in [9.17, 15) is 4.79 Å². The summed E-state index contributed by atoms with van der Waals surface area (Å²) in [7, 11) is 3.29. The Labute approximate surface area is 107 Å². The van der Waals surface area contributed by atoms with Gasteiger partial charge in [-0.1, -0.05) is 18.2 Å². The molecular formula is C13H20N2O3. The van der Waals surface area contributed by atoms with E-state index in [0.717, 1.165) is 17.7 Å². The summed E-state index contributed by atoms with van der Waals surface area (Å²) in [4.78, 5) is 10.8. The van der Waals surface area contributed by atoms with E-state index in [4.69, 9.17) is 9.84 Å². The van der Waals surface area contributed by atoms with Gasteiger partial charge in [-0.25, -0.2) is 0 Å². The van der Waals surface area contributed by atoms with E-state index in [1.165, 1.54) is 0 Å². The fourth-order valence-electron chi connectivity index (χ4n) is 1.69. The highest BCUT2D eigenvalue weighted by atomic mass is 16.5.